The van der Waals surface area contributed by atoms with Gasteiger partial charge in [-0.3, -0.25) is 9.79 Å². The molecule has 1 aromatic carbocycles. The molecule has 0 saturated heterocycles. The molecule has 124 valence electrons. The summed E-state index contributed by atoms with van der Waals surface area (Å²) in [6.07, 6.45) is 0. The zero-order valence-corrected chi connectivity index (χ0v) is 13.7. The van der Waals surface area contributed by atoms with Crippen molar-refractivity contribution in [2.75, 3.05) is 6.61 Å². The molecule has 24 heavy (non-hydrogen) atoms. The van der Waals surface area contributed by atoms with Crippen molar-refractivity contribution in [3.8, 4) is 6.07 Å². The third kappa shape index (κ3) is 3.20. The molecule has 0 bridgehead atoms. The van der Waals surface area contributed by atoms with E-state index >= 15 is 0 Å². The SMILES string of the molecule is CCOC(=O)C1=C(C)N=C(C)C(C(=O)O)C1c1cccc(C#N)c1. The van der Waals surface area contributed by atoms with Crippen molar-refractivity contribution in [3.63, 3.8) is 0 Å². The first kappa shape index (κ1) is 17.4. The van der Waals surface area contributed by atoms with Crippen LogP contribution in [0.25, 0.3) is 0 Å². The molecule has 1 aliphatic rings. The highest BCUT2D eigenvalue weighted by atomic mass is 16.5. The summed E-state index contributed by atoms with van der Waals surface area (Å²) in [5.74, 6) is -3.38. The van der Waals surface area contributed by atoms with E-state index in [1.54, 1.807) is 45.0 Å². The van der Waals surface area contributed by atoms with Crippen molar-refractivity contribution in [1.82, 2.24) is 0 Å². The number of rotatable bonds is 4. The fraction of sp³-hybridized carbons (Fsp3) is 0.333. The molecule has 0 fully saturated rings. The fourth-order valence-corrected chi connectivity index (χ4v) is 2.99. The molecule has 1 aliphatic heterocycles. The Balaban J connectivity index is 2.67. The van der Waals surface area contributed by atoms with E-state index in [2.05, 4.69) is 4.99 Å². The summed E-state index contributed by atoms with van der Waals surface area (Å²) in [5, 5.41) is 18.8. The summed E-state index contributed by atoms with van der Waals surface area (Å²) in [6.45, 7) is 5.16. The number of carboxylic acid groups (broad SMARTS) is 1. The van der Waals surface area contributed by atoms with E-state index in [1.807, 2.05) is 6.07 Å². The van der Waals surface area contributed by atoms with Crippen molar-refractivity contribution < 1.29 is 19.4 Å². The molecule has 1 aromatic rings. The first-order valence-electron chi connectivity index (χ1n) is 7.56. The summed E-state index contributed by atoms with van der Waals surface area (Å²) >= 11 is 0. The molecule has 1 heterocycles. The number of ether oxygens (including phenoxy) is 1. The molecule has 0 amide bonds. The Morgan fingerprint density at radius 2 is 2.08 bits per heavy atom. The molecule has 2 atom stereocenters. The van der Waals surface area contributed by atoms with Gasteiger partial charge in [0.25, 0.3) is 0 Å². The highest BCUT2D eigenvalue weighted by Crippen LogP contribution is 2.39. The molecule has 2 rings (SSSR count). The summed E-state index contributed by atoms with van der Waals surface area (Å²) in [6, 6.07) is 8.65. The smallest absolute Gasteiger partial charge is 0.336 e. The molecule has 2 unspecified atom stereocenters. The van der Waals surface area contributed by atoms with E-state index in [0.717, 1.165) is 0 Å². The Morgan fingerprint density at radius 1 is 1.38 bits per heavy atom. The summed E-state index contributed by atoms with van der Waals surface area (Å²) < 4.78 is 5.10. The fourth-order valence-electron chi connectivity index (χ4n) is 2.99. The summed E-state index contributed by atoms with van der Waals surface area (Å²) in [7, 11) is 0. The summed E-state index contributed by atoms with van der Waals surface area (Å²) in [4.78, 5) is 28.5. The number of benzene rings is 1. The molecule has 1 N–H and O–H groups in total. The van der Waals surface area contributed by atoms with Gasteiger partial charge >= 0.3 is 11.9 Å². The second-order valence-electron chi connectivity index (χ2n) is 5.50. The number of carbonyl (C=O) groups excluding carboxylic acids is 1. The normalized spacial score (nSPS) is 20.2. The predicted molar refractivity (Wildman–Crippen MR) is 87.5 cm³/mol. The number of carbonyl (C=O) groups is 2. The maximum Gasteiger partial charge on any atom is 0.336 e. The van der Waals surface area contributed by atoms with Gasteiger partial charge in [-0.25, -0.2) is 4.79 Å². The van der Waals surface area contributed by atoms with E-state index in [-0.39, 0.29) is 12.2 Å². The molecule has 0 aliphatic carbocycles. The first-order valence-corrected chi connectivity index (χ1v) is 7.56. The average molecular weight is 326 g/mol. The van der Waals surface area contributed by atoms with Crippen LogP contribution >= 0.6 is 0 Å². The number of hydrogen-bond acceptors (Lipinski definition) is 5. The van der Waals surface area contributed by atoms with Gasteiger partial charge in [0.1, 0.15) is 5.92 Å². The van der Waals surface area contributed by atoms with Gasteiger partial charge in [0, 0.05) is 17.3 Å². The van der Waals surface area contributed by atoms with Crippen LogP contribution in [0.5, 0.6) is 0 Å². The lowest BCUT2D eigenvalue weighted by Gasteiger charge is -2.30. The second kappa shape index (κ2) is 7.09. The minimum Gasteiger partial charge on any atom is -0.481 e. The molecule has 0 radical (unpaired) electrons. The van der Waals surface area contributed by atoms with E-state index in [4.69, 9.17) is 10.00 Å². The highest BCUT2D eigenvalue weighted by molar-refractivity contribution is 6.06. The predicted octanol–water partition coefficient (Wildman–Crippen LogP) is 2.65. The lowest BCUT2D eigenvalue weighted by atomic mass is 9.75. The number of allylic oxidation sites excluding steroid dienone is 1. The minimum atomic E-state index is -1.07. The third-order valence-corrected chi connectivity index (χ3v) is 3.96. The third-order valence-electron chi connectivity index (χ3n) is 3.96. The average Bonchev–Trinajstić information content (AvgIpc) is 2.53. The van der Waals surface area contributed by atoms with E-state index < -0.39 is 23.8 Å². The monoisotopic (exact) mass is 326 g/mol. The largest absolute Gasteiger partial charge is 0.481 e. The number of aliphatic carboxylic acids is 1. The quantitative estimate of drug-likeness (QED) is 0.857. The van der Waals surface area contributed by atoms with E-state index in [1.165, 1.54) is 0 Å². The zero-order valence-electron chi connectivity index (χ0n) is 13.7. The van der Waals surface area contributed by atoms with Crippen LogP contribution in [0.4, 0.5) is 0 Å². The van der Waals surface area contributed by atoms with Crippen molar-refractivity contribution in [3.05, 3.63) is 46.7 Å². The number of carboxylic acids is 1. The number of hydrogen-bond donors (Lipinski definition) is 1. The number of nitriles is 1. The molecular formula is C18H18N2O4. The van der Waals surface area contributed by atoms with Crippen LogP contribution in [0.1, 0.15) is 37.8 Å². The van der Waals surface area contributed by atoms with Crippen LogP contribution in [0.2, 0.25) is 0 Å². The van der Waals surface area contributed by atoms with Crippen molar-refractivity contribution in [1.29, 1.82) is 5.26 Å². The Kier molecular flexibility index (Phi) is 5.14. The highest BCUT2D eigenvalue weighted by Gasteiger charge is 2.41. The van der Waals surface area contributed by atoms with Crippen LogP contribution in [-0.2, 0) is 14.3 Å². The van der Waals surface area contributed by atoms with E-state index in [0.29, 0.717) is 22.5 Å². The minimum absolute atomic E-state index is 0.182. The van der Waals surface area contributed by atoms with Gasteiger partial charge in [0.05, 0.1) is 23.8 Å². The van der Waals surface area contributed by atoms with Crippen LogP contribution < -0.4 is 0 Å². The van der Waals surface area contributed by atoms with Crippen LogP contribution in [-0.4, -0.2) is 29.4 Å². The molecule has 0 aromatic heterocycles. The van der Waals surface area contributed by atoms with Gasteiger partial charge in [-0.2, -0.15) is 5.26 Å². The Morgan fingerprint density at radius 3 is 2.67 bits per heavy atom. The lowest BCUT2D eigenvalue weighted by molar-refractivity contribution is -0.141. The molecule has 6 nitrogen and oxygen atoms in total. The lowest BCUT2D eigenvalue weighted by Crippen LogP contribution is -2.35. The molecular weight excluding hydrogens is 308 g/mol. The topological polar surface area (TPSA) is 99.8 Å². The molecule has 0 saturated carbocycles. The standard InChI is InChI=1S/C18H18N2O4/c1-4-24-18(23)15-11(3)20-10(2)14(17(21)22)16(15)13-7-5-6-12(8-13)9-19/h5-8,14,16H,4H2,1-3H3,(H,21,22). The summed E-state index contributed by atoms with van der Waals surface area (Å²) in [5.41, 5.74) is 2.07. The second-order valence-corrected chi connectivity index (χ2v) is 5.50. The van der Waals surface area contributed by atoms with Crippen LogP contribution in [0.3, 0.4) is 0 Å². The van der Waals surface area contributed by atoms with Gasteiger partial charge in [0.15, 0.2) is 0 Å². The Bertz CT molecular complexity index is 786. The van der Waals surface area contributed by atoms with Crippen LogP contribution in [0, 0.1) is 17.2 Å². The van der Waals surface area contributed by atoms with Crippen LogP contribution in [0.15, 0.2) is 40.5 Å². The first-order chi connectivity index (χ1) is 11.4. The molecule has 6 heteroatoms. The zero-order chi connectivity index (χ0) is 17.9. The Labute approximate surface area is 140 Å². The van der Waals surface area contributed by atoms with Gasteiger partial charge in [-0.05, 0) is 38.5 Å². The van der Waals surface area contributed by atoms with E-state index in [9.17, 15) is 14.7 Å². The number of nitrogens with zero attached hydrogens (tertiary/aromatic N) is 2. The van der Waals surface area contributed by atoms with Crippen molar-refractivity contribution in [2.24, 2.45) is 10.9 Å². The number of esters is 1. The molecule has 0 spiro atoms. The van der Waals surface area contributed by atoms with Crippen molar-refractivity contribution in [2.45, 2.75) is 26.7 Å². The maximum absolute atomic E-state index is 12.4. The Hall–Kier alpha value is -2.94. The van der Waals surface area contributed by atoms with Gasteiger partial charge in [0.2, 0.25) is 0 Å². The number of aliphatic imine (C=N–C) groups is 1. The van der Waals surface area contributed by atoms with Gasteiger partial charge in [-0.15, -0.1) is 0 Å². The maximum atomic E-state index is 12.4. The van der Waals surface area contributed by atoms with Crippen molar-refractivity contribution >= 4 is 17.7 Å². The van der Waals surface area contributed by atoms with Gasteiger partial charge in [-0.1, -0.05) is 12.1 Å². The van der Waals surface area contributed by atoms with Gasteiger partial charge < -0.3 is 9.84 Å².